The first-order valence-corrected chi connectivity index (χ1v) is 9.35. The summed E-state index contributed by atoms with van der Waals surface area (Å²) < 4.78 is 13.5. The zero-order valence-electron chi connectivity index (χ0n) is 13.1. The van der Waals surface area contributed by atoms with Crippen LogP contribution in [0.25, 0.3) is 3.58 Å². The maximum absolute atomic E-state index is 6.25. The van der Waals surface area contributed by atoms with Gasteiger partial charge < -0.3 is 9.47 Å². The molecule has 1 aromatic carbocycles. The Morgan fingerprint density at radius 1 is 1.23 bits per heavy atom. The van der Waals surface area contributed by atoms with Crippen LogP contribution in [-0.2, 0) is 9.47 Å². The lowest BCUT2D eigenvalue weighted by molar-refractivity contribution is -0.0793. The van der Waals surface area contributed by atoms with E-state index in [0.29, 0.717) is 0 Å². The second kappa shape index (κ2) is 7.64. The Balaban J connectivity index is 1.88. The van der Waals surface area contributed by atoms with E-state index in [1.807, 2.05) is 0 Å². The summed E-state index contributed by atoms with van der Waals surface area (Å²) in [5.74, 6) is 1.06. The zero-order valence-corrected chi connectivity index (χ0v) is 15.3. The van der Waals surface area contributed by atoms with Gasteiger partial charge in [0.25, 0.3) is 0 Å². The highest BCUT2D eigenvalue weighted by atomic mass is 127. The highest BCUT2D eigenvalue weighted by Crippen LogP contribution is 2.44. The van der Waals surface area contributed by atoms with Crippen LogP contribution in [0.1, 0.15) is 51.0 Å². The third-order valence-electron chi connectivity index (χ3n) is 4.29. The minimum atomic E-state index is -0.148. The van der Waals surface area contributed by atoms with Gasteiger partial charge in [-0.2, -0.15) is 0 Å². The maximum Gasteiger partial charge on any atom is 0.223 e. The molecule has 0 fully saturated rings. The second-order valence-corrected chi connectivity index (χ2v) is 6.97. The third kappa shape index (κ3) is 3.40. The summed E-state index contributed by atoms with van der Waals surface area (Å²) in [5, 5.41) is 0. The molecule has 2 aliphatic rings. The average molecular weight is 410 g/mol. The summed E-state index contributed by atoms with van der Waals surface area (Å²) in [5.41, 5.74) is 4.02. The normalized spacial score (nSPS) is 23.3. The van der Waals surface area contributed by atoms with Gasteiger partial charge in [-0.25, -0.2) is 0 Å². The van der Waals surface area contributed by atoms with Gasteiger partial charge in [0.15, 0.2) is 0 Å². The molecule has 1 aliphatic carbocycles. The monoisotopic (exact) mass is 410 g/mol. The van der Waals surface area contributed by atoms with Crippen LogP contribution in [-0.4, -0.2) is 12.9 Å². The lowest BCUT2D eigenvalue weighted by Crippen LogP contribution is -2.16. The first kappa shape index (κ1) is 16.1. The number of unbranched alkanes of at least 4 members (excludes halogenated alkanes) is 1. The van der Waals surface area contributed by atoms with Crippen LogP contribution in [0.3, 0.4) is 0 Å². The van der Waals surface area contributed by atoms with Gasteiger partial charge in [-0.05, 0) is 60.3 Å². The predicted molar refractivity (Wildman–Crippen MR) is 98.6 cm³/mol. The average Bonchev–Trinajstić information content (AvgIpc) is 2.94. The fraction of sp³-hybridized carbons (Fsp3) is 0.474. The quantitative estimate of drug-likeness (QED) is 0.449. The Morgan fingerprint density at radius 2 is 2.00 bits per heavy atom. The molecule has 0 amide bonds. The largest absolute Gasteiger partial charge is 0.460 e. The molecule has 0 saturated heterocycles. The fourth-order valence-corrected chi connectivity index (χ4v) is 3.88. The van der Waals surface area contributed by atoms with E-state index in [2.05, 4.69) is 59.8 Å². The van der Waals surface area contributed by atoms with Crippen LogP contribution < -0.4 is 0 Å². The molecular weight excluding hydrogens is 387 g/mol. The van der Waals surface area contributed by atoms with Crippen molar-refractivity contribution >= 4 is 26.2 Å². The fourth-order valence-electron chi connectivity index (χ4n) is 3.07. The topological polar surface area (TPSA) is 18.5 Å². The van der Waals surface area contributed by atoms with Gasteiger partial charge in [-0.3, -0.25) is 0 Å². The van der Waals surface area contributed by atoms with E-state index in [4.69, 9.17) is 9.47 Å². The molecule has 3 heteroatoms. The van der Waals surface area contributed by atoms with E-state index in [-0.39, 0.29) is 6.29 Å². The number of ether oxygens (including phenoxy) is 2. The lowest BCUT2D eigenvalue weighted by Gasteiger charge is -2.17. The molecular formula is C19H23IO2. The molecule has 1 heterocycles. The molecule has 3 rings (SSSR count). The molecule has 0 bridgehead atoms. The van der Waals surface area contributed by atoms with Crippen molar-refractivity contribution in [2.75, 3.05) is 6.61 Å². The summed E-state index contributed by atoms with van der Waals surface area (Å²) in [4.78, 5) is 0. The van der Waals surface area contributed by atoms with Crippen molar-refractivity contribution in [1.29, 1.82) is 0 Å². The standard InChI is InChI=1S/C19H23IO2/c1-2-3-13-21-19-16-12-8-7-11-15(16)18(22-19)17(20)14-9-5-4-6-10-14/h4-6,9-10,19H,2-3,7-8,11-13H2,1H3/b18-17+. The van der Waals surface area contributed by atoms with Gasteiger partial charge >= 0.3 is 0 Å². The van der Waals surface area contributed by atoms with Crippen LogP contribution >= 0.6 is 22.6 Å². The van der Waals surface area contributed by atoms with Gasteiger partial charge in [0.05, 0.1) is 10.2 Å². The minimum absolute atomic E-state index is 0.148. The van der Waals surface area contributed by atoms with Crippen LogP contribution in [0.2, 0.25) is 0 Å². The Bertz CT molecular complexity index is 574. The smallest absolute Gasteiger partial charge is 0.223 e. The maximum atomic E-state index is 6.25. The molecule has 0 aromatic heterocycles. The minimum Gasteiger partial charge on any atom is -0.460 e. The van der Waals surface area contributed by atoms with Crippen molar-refractivity contribution in [2.24, 2.45) is 0 Å². The predicted octanol–water partition coefficient (Wildman–Crippen LogP) is 5.83. The molecule has 118 valence electrons. The van der Waals surface area contributed by atoms with Crippen molar-refractivity contribution in [3.05, 3.63) is 52.8 Å². The lowest BCUT2D eigenvalue weighted by atomic mass is 9.91. The first-order valence-electron chi connectivity index (χ1n) is 8.27. The van der Waals surface area contributed by atoms with Crippen molar-refractivity contribution in [3.63, 3.8) is 0 Å². The van der Waals surface area contributed by atoms with Crippen molar-refractivity contribution < 1.29 is 9.47 Å². The number of benzene rings is 1. The van der Waals surface area contributed by atoms with E-state index >= 15 is 0 Å². The third-order valence-corrected chi connectivity index (χ3v) is 5.40. The first-order chi connectivity index (χ1) is 10.8. The van der Waals surface area contributed by atoms with Crippen LogP contribution in [0.5, 0.6) is 0 Å². The van der Waals surface area contributed by atoms with Crippen LogP contribution in [0.4, 0.5) is 0 Å². The van der Waals surface area contributed by atoms with Gasteiger partial charge in [-0.1, -0.05) is 43.7 Å². The molecule has 2 nitrogen and oxygen atoms in total. The highest BCUT2D eigenvalue weighted by molar-refractivity contribution is 14.1. The molecule has 0 N–H and O–H groups in total. The summed E-state index contributed by atoms with van der Waals surface area (Å²) in [6, 6.07) is 10.5. The molecule has 0 saturated carbocycles. The summed E-state index contributed by atoms with van der Waals surface area (Å²) in [6.45, 7) is 2.97. The highest BCUT2D eigenvalue weighted by Gasteiger charge is 2.34. The van der Waals surface area contributed by atoms with E-state index in [9.17, 15) is 0 Å². The van der Waals surface area contributed by atoms with E-state index in [1.54, 1.807) is 0 Å². The van der Waals surface area contributed by atoms with Crippen LogP contribution in [0, 0.1) is 0 Å². The number of rotatable bonds is 5. The zero-order chi connectivity index (χ0) is 15.4. The summed E-state index contributed by atoms with van der Waals surface area (Å²) >= 11 is 2.42. The Morgan fingerprint density at radius 3 is 2.77 bits per heavy atom. The molecule has 0 radical (unpaired) electrons. The van der Waals surface area contributed by atoms with Crippen molar-refractivity contribution in [2.45, 2.75) is 51.7 Å². The molecule has 1 aliphatic heterocycles. The Kier molecular flexibility index (Phi) is 5.58. The van der Waals surface area contributed by atoms with E-state index in [0.717, 1.165) is 38.0 Å². The van der Waals surface area contributed by atoms with Gasteiger partial charge in [0, 0.05) is 11.1 Å². The van der Waals surface area contributed by atoms with E-state index < -0.39 is 0 Å². The number of hydrogen-bond donors (Lipinski definition) is 0. The summed E-state index contributed by atoms with van der Waals surface area (Å²) in [7, 11) is 0. The SMILES string of the molecule is CCCCOC1O/C(=C(/I)c2ccccc2)C2=C1CCCC2. The van der Waals surface area contributed by atoms with Gasteiger partial charge in [-0.15, -0.1) is 0 Å². The van der Waals surface area contributed by atoms with Gasteiger partial charge in [0.1, 0.15) is 5.76 Å². The molecule has 1 unspecified atom stereocenters. The van der Waals surface area contributed by atoms with Crippen molar-refractivity contribution in [3.8, 4) is 0 Å². The number of allylic oxidation sites excluding steroid dienone is 1. The number of halogens is 1. The Labute approximate surface area is 146 Å². The second-order valence-electron chi connectivity index (χ2n) is 5.89. The van der Waals surface area contributed by atoms with E-state index in [1.165, 1.54) is 33.1 Å². The van der Waals surface area contributed by atoms with Gasteiger partial charge in [0.2, 0.25) is 6.29 Å². The number of hydrogen-bond acceptors (Lipinski definition) is 2. The molecule has 22 heavy (non-hydrogen) atoms. The molecule has 0 spiro atoms. The Hall–Kier alpha value is -0.810. The molecule has 1 aromatic rings. The molecule has 1 atom stereocenters. The summed E-state index contributed by atoms with van der Waals surface area (Å²) in [6.07, 6.45) is 6.86. The van der Waals surface area contributed by atoms with Crippen LogP contribution in [0.15, 0.2) is 47.2 Å². The van der Waals surface area contributed by atoms with Crippen molar-refractivity contribution in [1.82, 2.24) is 0 Å².